The molecule has 0 fully saturated rings. The molecule has 0 aliphatic rings. The monoisotopic (exact) mass is 280 g/mol. The number of hydrogen-bond acceptors (Lipinski definition) is 5. The number of nitrogens with one attached hydrogen (secondary N) is 1. The fraction of sp³-hybridized carbons (Fsp3) is 0.600. The lowest BCUT2D eigenvalue weighted by Gasteiger charge is -2.25. The number of anilines is 1. The molecule has 0 radical (unpaired) electrons. The standard InChI is InChI=1S/C15H24N2O3/c1-5-20-14(18)12-6-7-13(16-9-12)17-10-15(4,19)8-11(2)3/h6-7,9,11,19H,5,8,10H2,1-4H3,(H,16,17). The van der Waals surface area contributed by atoms with Crippen molar-refractivity contribution in [1.29, 1.82) is 0 Å². The van der Waals surface area contributed by atoms with Gasteiger partial charge in [-0.1, -0.05) is 13.8 Å². The van der Waals surface area contributed by atoms with Gasteiger partial charge in [0.25, 0.3) is 0 Å². The van der Waals surface area contributed by atoms with Gasteiger partial charge in [-0.05, 0) is 38.3 Å². The number of aromatic nitrogens is 1. The van der Waals surface area contributed by atoms with Crippen LogP contribution in [0, 0.1) is 5.92 Å². The number of carbonyl (C=O) groups excluding carboxylic acids is 1. The molecular formula is C15H24N2O3. The summed E-state index contributed by atoms with van der Waals surface area (Å²) in [5, 5.41) is 13.3. The van der Waals surface area contributed by atoms with Crippen molar-refractivity contribution < 1.29 is 14.6 Å². The first kappa shape index (κ1) is 16.4. The highest BCUT2D eigenvalue weighted by molar-refractivity contribution is 5.89. The van der Waals surface area contributed by atoms with Gasteiger partial charge >= 0.3 is 5.97 Å². The smallest absolute Gasteiger partial charge is 0.339 e. The Balaban J connectivity index is 2.55. The van der Waals surface area contributed by atoms with Crippen LogP contribution >= 0.6 is 0 Å². The van der Waals surface area contributed by atoms with E-state index in [1.165, 1.54) is 6.20 Å². The van der Waals surface area contributed by atoms with Crippen LogP contribution in [0.2, 0.25) is 0 Å². The van der Waals surface area contributed by atoms with Crippen molar-refractivity contribution in [1.82, 2.24) is 4.98 Å². The van der Waals surface area contributed by atoms with E-state index < -0.39 is 5.60 Å². The van der Waals surface area contributed by atoms with Gasteiger partial charge in [0.05, 0.1) is 17.8 Å². The van der Waals surface area contributed by atoms with Gasteiger partial charge in [-0.25, -0.2) is 9.78 Å². The Hall–Kier alpha value is -1.62. The minimum absolute atomic E-state index is 0.344. The van der Waals surface area contributed by atoms with E-state index in [1.54, 1.807) is 26.0 Å². The quantitative estimate of drug-likeness (QED) is 0.751. The van der Waals surface area contributed by atoms with E-state index in [9.17, 15) is 9.90 Å². The average molecular weight is 280 g/mol. The largest absolute Gasteiger partial charge is 0.462 e. The zero-order valence-electron chi connectivity index (χ0n) is 12.6. The fourth-order valence-electron chi connectivity index (χ4n) is 2.07. The van der Waals surface area contributed by atoms with Crippen molar-refractivity contribution in [3.63, 3.8) is 0 Å². The number of ether oxygens (including phenoxy) is 1. The second kappa shape index (κ2) is 7.24. The molecule has 1 atom stereocenters. The Morgan fingerprint density at radius 3 is 2.70 bits per heavy atom. The van der Waals surface area contributed by atoms with Crippen LogP contribution in [0.5, 0.6) is 0 Å². The molecule has 0 saturated heterocycles. The highest BCUT2D eigenvalue weighted by Gasteiger charge is 2.21. The van der Waals surface area contributed by atoms with Gasteiger partial charge in [-0.15, -0.1) is 0 Å². The summed E-state index contributed by atoms with van der Waals surface area (Å²) in [6, 6.07) is 3.36. The number of carbonyl (C=O) groups is 1. The normalized spacial score (nSPS) is 13.9. The number of rotatable bonds is 7. The second-order valence-electron chi connectivity index (χ2n) is 5.60. The van der Waals surface area contributed by atoms with E-state index in [0.29, 0.717) is 36.9 Å². The van der Waals surface area contributed by atoms with E-state index in [2.05, 4.69) is 24.1 Å². The SMILES string of the molecule is CCOC(=O)c1ccc(NCC(C)(O)CC(C)C)nc1. The molecule has 20 heavy (non-hydrogen) atoms. The van der Waals surface area contributed by atoms with Crippen LogP contribution in [-0.2, 0) is 4.74 Å². The van der Waals surface area contributed by atoms with Crippen LogP contribution in [0.3, 0.4) is 0 Å². The first-order valence-electron chi connectivity index (χ1n) is 6.93. The van der Waals surface area contributed by atoms with E-state index in [1.807, 2.05) is 0 Å². The maximum atomic E-state index is 11.5. The third-order valence-corrected chi connectivity index (χ3v) is 2.77. The predicted octanol–water partition coefficient (Wildman–Crippen LogP) is 2.47. The van der Waals surface area contributed by atoms with Gasteiger partial charge in [-0.3, -0.25) is 0 Å². The van der Waals surface area contributed by atoms with Crippen LogP contribution in [0.25, 0.3) is 0 Å². The third-order valence-electron chi connectivity index (χ3n) is 2.77. The maximum absolute atomic E-state index is 11.5. The lowest BCUT2D eigenvalue weighted by atomic mass is 9.94. The van der Waals surface area contributed by atoms with Crippen LogP contribution in [-0.4, -0.2) is 34.8 Å². The number of esters is 1. The van der Waals surface area contributed by atoms with Gasteiger partial charge in [0.2, 0.25) is 0 Å². The van der Waals surface area contributed by atoms with Crippen molar-refractivity contribution in [3.05, 3.63) is 23.9 Å². The van der Waals surface area contributed by atoms with Crippen molar-refractivity contribution in [3.8, 4) is 0 Å². The Bertz CT molecular complexity index is 427. The molecular weight excluding hydrogens is 256 g/mol. The minimum atomic E-state index is -0.782. The average Bonchev–Trinajstić information content (AvgIpc) is 2.36. The van der Waals surface area contributed by atoms with E-state index in [0.717, 1.165) is 0 Å². The van der Waals surface area contributed by atoms with Crippen LogP contribution < -0.4 is 5.32 Å². The van der Waals surface area contributed by atoms with Crippen LogP contribution in [0.15, 0.2) is 18.3 Å². The summed E-state index contributed by atoms with van der Waals surface area (Å²) in [4.78, 5) is 15.6. The summed E-state index contributed by atoms with van der Waals surface area (Å²) in [6.07, 6.45) is 2.18. The van der Waals surface area contributed by atoms with Crippen LogP contribution in [0.1, 0.15) is 44.5 Å². The van der Waals surface area contributed by atoms with Gasteiger partial charge in [0.1, 0.15) is 5.82 Å². The molecule has 0 saturated carbocycles. The molecule has 0 bridgehead atoms. The lowest BCUT2D eigenvalue weighted by Crippen LogP contribution is -2.35. The minimum Gasteiger partial charge on any atom is -0.462 e. The molecule has 2 N–H and O–H groups in total. The Labute approximate surface area is 120 Å². The molecule has 0 spiro atoms. The molecule has 1 aromatic rings. The lowest BCUT2D eigenvalue weighted by molar-refractivity contribution is 0.0509. The first-order valence-corrected chi connectivity index (χ1v) is 6.93. The molecule has 0 aromatic carbocycles. The van der Waals surface area contributed by atoms with Gasteiger partial charge in [-0.2, -0.15) is 0 Å². The molecule has 1 unspecified atom stereocenters. The second-order valence-corrected chi connectivity index (χ2v) is 5.60. The van der Waals surface area contributed by atoms with Crippen LogP contribution in [0.4, 0.5) is 5.82 Å². The van der Waals surface area contributed by atoms with Gasteiger partial charge < -0.3 is 15.2 Å². The summed E-state index contributed by atoms with van der Waals surface area (Å²) < 4.78 is 4.89. The molecule has 1 heterocycles. The molecule has 5 heteroatoms. The van der Waals surface area contributed by atoms with E-state index >= 15 is 0 Å². The molecule has 0 aliphatic heterocycles. The third kappa shape index (κ3) is 5.57. The first-order chi connectivity index (χ1) is 9.34. The summed E-state index contributed by atoms with van der Waals surface area (Å²) in [5.74, 6) is 0.673. The fourth-order valence-corrected chi connectivity index (χ4v) is 2.07. The Kier molecular flexibility index (Phi) is 5.95. The predicted molar refractivity (Wildman–Crippen MR) is 78.8 cm³/mol. The number of nitrogens with zero attached hydrogens (tertiary/aromatic N) is 1. The molecule has 1 rings (SSSR count). The van der Waals surface area contributed by atoms with E-state index in [-0.39, 0.29) is 5.97 Å². The number of aliphatic hydroxyl groups is 1. The van der Waals surface area contributed by atoms with Gasteiger partial charge in [0.15, 0.2) is 0 Å². The molecule has 0 aliphatic carbocycles. The molecule has 0 amide bonds. The summed E-state index contributed by atoms with van der Waals surface area (Å²) in [6.45, 7) is 8.46. The zero-order chi connectivity index (χ0) is 15.2. The summed E-state index contributed by atoms with van der Waals surface area (Å²) in [5.41, 5.74) is -0.360. The Morgan fingerprint density at radius 1 is 1.50 bits per heavy atom. The molecule has 5 nitrogen and oxygen atoms in total. The van der Waals surface area contributed by atoms with E-state index in [4.69, 9.17) is 4.74 Å². The summed E-state index contributed by atoms with van der Waals surface area (Å²) >= 11 is 0. The zero-order valence-corrected chi connectivity index (χ0v) is 12.6. The van der Waals surface area contributed by atoms with Gasteiger partial charge in [0, 0.05) is 12.7 Å². The van der Waals surface area contributed by atoms with Crippen molar-refractivity contribution in [2.45, 2.75) is 39.7 Å². The number of pyridine rings is 1. The highest BCUT2D eigenvalue weighted by atomic mass is 16.5. The highest BCUT2D eigenvalue weighted by Crippen LogP contribution is 2.17. The maximum Gasteiger partial charge on any atom is 0.339 e. The molecule has 112 valence electrons. The molecule has 1 aromatic heterocycles. The summed E-state index contributed by atoms with van der Waals surface area (Å²) in [7, 11) is 0. The van der Waals surface area contributed by atoms with Crippen molar-refractivity contribution in [2.24, 2.45) is 5.92 Å². The van der Waals surface area contributed by atoms with Crippen molar-refractivity contribution in [2.75, 3.05) is 18.5 Å². The number of hydrogen-bond donors (Lipinski definition) is 2. The topological polar surface area (TPSA) is 71.5 Å². The Morgan fingerprint density at radius 2 is 2.20 bits per heavy atom. The van der Waals surface area contributed by atoms with Crippen molar-refractivity contribution >= 4 is 11.8 Å².